The molecule has 7 rings (SSSR count). The maximum atomic E-state index is 4.98. The van der Waals surface area contributed by atoms with Gasteiger partial charge in [0.05, 0.1) is 16.7 Å². The normalized spacial score (nSPS) is 13.5. The highest BCUT2D eigenvalue weighted by Crippen LogP contribution is 2.46. The summed E-state index contributed by atoms with van der Waals surface area (Å²) in [7, 11) is 0. The predicted octanol–water partition coefficient (Wildman–Crippen LogP) is 7.46. The third kappa shape index (κ3) is 3.04. The van der Waals surface area contributed by atoms with Crippen LogP contribution in [0.5, 0.6) is 0 Å². The van der Waals surface area contributed by atoms with Gasteiger partial charge in [-0.3, -0.25) is 4.57 Å². The van der Waals surface area contributed by atoms with Crippen LogP contribution < -0.4 is 0 Å². The monoisotopic (exact) mass is 464 g/mol. The van der Waals surface area contributed by atoms with Crippen molar-refractivity contribution in [2.45, 2.75) is 19.3 Å². The summed E-state index contributed by atoms with van der Waals surface area (Å²) in [5.74, 6) is 1.40. The maximum absolute atomic E-state index is 4.98. The summed E-state index contributed by atoms with van der Waals surface area (Å²) in [5, 5.41) is 0. The van der Waals surface area contributed by atoms with Crippen molar-refractivity contribution in [1.82, 2.24) is 19.5 Å². The van der Waals surface area contributed by atoms with Gasteiger partial charge in [0.1, 0.15) is 0 Å². The van der Waals surface area contributed by atoms with Crippen molar-refractivity contribution in [3.05, 3.63) is 121 Å². The van der Waals surface area contributed by atoms with Crippen LogP contribution in [0.15, 0.2) is 109 Å². The standard InChI is InChI=1S/C32H24N4/c1-32(2)25-13-7-14-27-29(25)36(31(35-27)30-33-17-8-18-34-30)28-16-15-24(20-26(28)32)23-12-6-11-22(19-23)21-9-4-3-5-10-21/h3-20H,1-2H3. The zero-order chi connectivity index (χ0) is 24.3. The molecule has 0 atom stereocenters. The summed E-state index contributed by atoms with van der Waals surface area (Å²) in [6.45, 7) is 4.61. The van der Waals surface area contributed by atoms with Crippen LogP contribution in [-0.4, -0.2) is 19.5 Å². The molecule has 0 unspecified atom stereocenters. The second kappa shape index (κ2) is 7.72. The second-order valence-electron chi connectivity index (χ2n) is 9.82. The number of benzene rings is 4. The molecule has 0 spiro atoms. The Morgan fingerprint density at radius 3 is 2.11 bits per heavy atom. The van der Waals surface area contributed by atoms with E-state index in [9.17, 15) is 0 Å². The van der Waals surface area contributed by atoms with Gasteiger partial charge in [-0.2, -0.15) is 0 Å². The van der Waals surface area contributed by atoms with E-state index in [1.807, 2.05) is 6.07 Å². The van der Waals surface area contributed by atoms with Gasteiger partial charge in [-0.05, 0) is 63.7 Å². The summed E-state index contributed by atoms with van der Waals surface area (Å²) in [6.07, 6.45) is 3.54. The minimum absolute atomic E-state index is 0.188. The van der Waals surface area contributed by atoms with Crippen LogP contribution in [0, 0.1) is 0 Å². The Morgan fingerprint density at radius 1 is 0.611 bits per heavy atom. The molecule has 3 heterocycles. The van der Waals surface area contributed by atoms with Crippen molar-refractivity contribution < 1.29 is 0 Å². The molecular weight excluding hydrogens is 440 g/mol. The van der Waals surface area contributed by atoms with E-state index in [-0.39, 0.29) is 5.41 Å². The Kier molecular flexibility index (Phi) is 4.45. The van der Waals surface area contributed by atoms with E-state index in [4.69, 9.17) is 4.98 Å². The SMILES string of the molecule is CC1(C)c2cc(-c3cccc(-c4ccccc4)c3)ccc2-n2c(-c3ncccn3)nc3cccc1c32. The molecule has 0 bridgehead atoms. The lowest BCUT2D eigenvalue weighted by Crippen LogP contribution is -2.26. The van der Waals surface area contributed by atoms with Gasteiger partial charge >= 0.3 is 0 Å². The number of imidazole rings is 1. The molecule has 0 amide bonds. The fourth-order valence-corrected chi connectivity index (χ4v) is 5.50. The summed E-state index contributed by atoms with van der Waals surface area (Å²) in [6, 6.07) is 34.3. The van der Waals surface area contributed by atoms with Gasteiger partial charge < -0.3 is 0 Å². The lowest BCUT2D eigenvalue weighted by Gasteiger charge is -2.34. The van der Waals surface area contributed by atoms with Crippen molar-refractivity contribution in [2.75, 3.05) is 0 Å². The minimum Gasteiger partial charge on any atom is -0.289 e. The smallest absolute Gasteiger partial charge is 0.196 e. The Labute approximate surface area is 210 Å². The molecule has 1 aliphatic heterocycles. The van der Waals surface area contributed by atoms with E-state index in [0.29, 0.717) is 5.82 Å². The van der Waals surface area contributed by atoms with Gasteiger partial charge in [0.25, 0.3) is 0 Å². The molecule has 4 aromatic carbocycles. The highest BCUT2D eigenvalue weighted by Gasteiger charge is 2.36. The molecule has 172 valence electrons. The first kappa shape index (κ1) is 20.8. The topological polar surface area (TPSA) is 43.6 Å². The van der Waals surface area contributed by atoms with E-state index in [1.165, 1.54) is 33.4 Å². The highest BCUT2D eigenvalue weighted by atomic mass is 15.1. The lowest BCUT2D eigenvalue weighted by molar-refractivity contribution is 0.629. The predicted molar refractivity (Wildman–Crippen MR) is 145 cm³/mol. The van der Waals surface area contributed by atoms with Crippen molar-refractivity contribution >= 4 is 11.0 Å². The number of hydrogen-bond donors (Lipinski definition) is 0. The molecule has 6 aromatic rings. The molecule has 4 heteroatoms. The number of aromatic nitrogens is 4. The highest BCUT2D eigenvalue weighted by molar-refractivity contribution is 5.90. The second-order valence-corrected chi connectivity index (χ2v) is 9.82. The fourth-order valence-electron chi connectivity index (χ4n) is 5.50. The first-order chi connectivity index (χ1) is 17.6. The summed E-state index contributed by atoms with van der Waals surface area (Å²) in [5.41, 5.74) is 10.4. The van der Waals surface area contributed by atoms with E-state index >= 15 is 0 Å². The molecule has 0 saturated heterocycles. The Morgan fingerprint density at radius 2 is 1.31 bits per heavy atom. The molecule has 0 radical (unpaired) electrons. The van der Waals surface area contributed by atoms with Crippen LogP contribution >= 0.6 is 0 Å². The van der Waals surface area contributed by atoms with E-state index < -0.39 is 0 Å². The first-order valence-electron chi connectivity index (χ1n) is 12.2. The zero-order valence-electron chi connectivity index (χ0n) is 20.2. The molecule has 36 heavy (non-hydrogen) atoms. The third-order valence-corrected chi connectivity index (χ3v) is 7.33. The molecule has 0 saturated carbocycles. The van der Waals surface area contributed by atoms with Crippen molar-refractivity contribution in [3.8, 4) is 39.6 Å². The van der Waals surface area contributed by atoms with Gasteiger partial charge in [0, 0.05) is 17.8 Å². The summed E-state index contributed by atoms with van der Waals surface area (Å²) >= 11 is 0. The third-order valence-electron chi connectivity index (χ3n) is 7.33. The van der Waals surface area contributed by atoms with E-state index in [1.54, 1.807) is 12.4 Å². The number of fused-ring (bicyclic) bond motifs is 2. The Bertz CT molecular complexity index is 1750. The largest absolute Gasteiger partial charge is 0.289 e. The first-order valence-corrected chi connectivity index (χ1v) is 12.2. The van der Waals surface area contributed by atoms with Gasteiger partial charge in [-0.25, -0.2) is 15.0 Å². The van der Waals surface area contributed by atoms with Crippen molar-refractivity contribution in [3.63, 3.8) is 0 Å². The minimum atomic E-state index is -0.188. The zero-order valence-corrected chi connectivity index (χ0v) is 20.2. The van der Waals surface area contributed by atoms with Crippen LogP contribution in [0.25, 0.3) is 50.6 Å². The average Bonchev–Trinajstić information content (AvgIpc) is 3.33. The quantitative estimate of drug-likeness (QED) is 0.273. The Balaban J connectivity index is 1.45. The molecule has 0 N–H and O–H groups in total. The fraction of sp³-hybridized carbons (Fsp3) is 0.0938. The summed E-state index contributed by atoms with van der Waals surface area (Å²) < 4.78 is 2.24. The van der Waals surface area contributed by atoms with Crippen LogP contribution in [0.4, 0.5) is 0 Å². The van der Waals surface area contributed by atoms with E-state index in [2.05, 4.69) is 119 Å². The molecule has 0 aliphatic carbocycles. The van der Waals surface area contributed by atoms with Crippen LogP contribution in [0.2, 0.25) is 0 Å². The van der Waals surface area contributed by atoms with Gasteiger partial charge in [-0.15, -0.1) is 0 Å². The van der Waals surface area contributed by atoms with Crippen LogP contribution in [-0.2, 0) is 5.41 Å². The Hall–Kier alpha value is -4.57. The van der Waals surface area contributed by atoms with E-state index in [0.717, 1.165) is 22.5 Å². The molecule has 0 fully saturated rings. The molecule has 4 nitrogen and oxygen atoms in total. The molecule has 2 aromatic heterocycles. The lowest BCUT2D eigenvalue weighted by atomic mass is 9.74. The van der Waals surface area contributed by atoms with Gasteiger partial charge in [0.15, 0.2) is 11.6 Å². The maximum Gasteiger partial charge on any atom is 0.196 e. The van der Waals surface area contributed by atoms with Gasteiger partial charge in [0.2, 0.25) is 0 Å². The number of hydrogen-bond acceptors (Lipinski definition) is 3. The number of nitrogens with zero attached hydrogens (tertiary/aromatic N) is 4. The molecular formula is C32H24N4. The van der Waals surface area contributed by atoms with Gasteiger partial charge in [-0.1, -0.05) is 80.6 Å². The number of rotatable bonds is 3. The van der Waals surface area contributed by atoms with Crippen LogP contribution in [0.3, 0.4) is 0 Å². The van der Waals surface area contributed by atoms with Crippen molar-refractivity contribution in [1.29, 1.82) is 0 Å². The average molecular weight is 465 g/mol. The van der Waals surface area contributed by atoms with Crippen molar-refractivity contribution in [2.24, 2.45) is 0 Å². The summed E-state index contributed by atoms with van der Waals surface area (Å²) in [4.78, 5) is 14.0. The van der Waals surface area contributed by atoms with Crippen LogP contribution in [0.1, 0.15) is 25.0 Å². The molecule has 1 aliphatic rings. The number of para-hydroxylation sites is 1.